The van der Waals surface area contributed by atoms with Crippen LogP contribution in [0.3, 0.4) is 0 Å². The third kappa shape index (κ3) is 4.48. The Morgan fingerprint density at radius 2 is 1.91 bits per heavy atom. The van der Waals surface area contributed by atoms with Gasteiger partial charge in [-0.3, -0.25) is 4.90 Å². The zero-order valence-corrected chi connectivity index (χ0v) is 18.6. The van der Waals surface area contributed by atoms with Crippen LogP contribution in [-0.4, -0.2) is 48.3 Å². The molecule has 0 spiro atoms. The molecule has 0 unspecified atom stereocenters. The quantitative estimate of drug-likeness (QED) is 0.249. The van der Waals surface area contributed by atoms with Gasteiger partial charge in [-0.1, -0.05) is 18.2 Å². The number of fused-ring (bicyclic) bond motifs is 2. The second-order valence-electron chi connectivity index (χ2n) is 7.59. The lowest BCUT2D eigenvalue weighted by molar-refractivity contribution is 0.0330. The van der Waals surface area contributed by atoms with Crippen LogP contribution in [0.4, 0.5) is 0 Å². The molecule has 1 aliphatic heterocycles. The van der Waals surface area contributed by atoms with Crippen molar-refractivity contribution in [3.8, 4) is 5.75 Å². The summed E-state index contributed by atoms with van der Waals surface area (Å²) in [7, 11) is 1.59. The lowest BCUT2D eigenvalue weighted by Crippen LogP contribution is -2.36. The number of rotatable bonds is 6. The molecule has 2 aromatic heterocycles. The number of nitrogens with zero attached hydrogens (tertiary/aromatic N) is 3. The molecule has 0 atom stereocenters. The Balaban J connectivity index is 1.46. The van der Waals surface area contributed by atoms with Crippen molar-refractivity contribution < 1.29 is 13.9 Å². The Labute approximate surface area is 189 Å². The molecule has 0 radical (unpaired) electrons. The molecule has 0 aliphatic carbocycles. The highest BCUT2D eigenvalue weighted by atomic mass is 32.2. The van der Waals surface area contributed by atoms with Gasteiger partial charge < -0.3 is 13.9 Å². The lowest BCUT2D eigenvalue weighted by atomic mass is 10.1. The van der Waals surface area contributed by atoms with E-state index in [4.69, 9.17) is 23.9 Å². The molecular formula is C24H23N3O4S. The van der Waals surface area contributed by atoms with Gasteiger partial charge in [-0.05, 0) is 23.8 Å². The normalized spacial score (nSPS) is 14.8. The number of methoxy groups -OCH3 is 1. The fourth-order valence-electron chi connectivity index (χ4n) is 3.84. The van der Waals surface area contributed by atoms with Gasteiger partial charge in [-0.15, -0.1) is 11.8 Å². The predicted octanol–water partition coefficient (Wildman–Crippen LogP) is 3.87. The van der Waals surface area contributed by atoms with Crippen LogP contribution in [0.5, 0.6) is 5.75 Å². The van der Waals surface area contributed by atoms with Crippen molar-refractivity contribution in [3.63, 3.8) is 0 Å². The average Bonchev–Trinajstić information content (AvgIpc) is 2.82. The molecule has 0 N–H and O–H groups in total. The number of hydrogen-bond acceptors (Lipinski definition) is 8. The molecule has 0 amide bonds. The summed E-state index contributed by atoms with van der Waals surface area (Å²) >= 11 is 1.61. The van der Waals surface area contributed by atoms with Crippen molar-refractivity contribution in [1.29, 1.82) is 0 Å². The second-order valence-corrected chi connectivity index (χ2v) is 8.56. The van der Waals surface area contributed by atoms with E-state index in [0.717, 1.165) is 59.0 Å². The van der Waals surface area contributed by atoms with Crippen LogP contribution in [0.2, 0.25) is 0 Å². The minimum atomic E-state index is -0.373. The number of aromatic nitrogens is 2. The Kier molecular flexibility index (Phi) is 6.07. The maximum absolute atomic E-state index is 12.1. The molecule has 2 aromatic carbocycles. The van der Waals surface area contributed by atoms with E-state index in [9.17, 15) is 4.79 Å². The van der Waals surface area contributed by atoms with E-state index < -0.39 is 0 Å². The molecule has 8 heteroatoms. The van der Waals surface area contributed by atoms with E-state index in [1.165, 1.54) is 0 Å². The minimum Gasteiger partial charge on any atom is -0.497 e. The SMILES string of the molecule is COc1ccc2c(CSc3nc(CN4CCOCC4)nc4ccccc34)cc(=O)oc2c1. The van der Waals surface area contributed by atoms with Crippen LogP contribution < -0.4 is 10.4 Å². The van der Waals surface area contributed by atoms with Crippen LogP contribution in [0.25, 0.3) is 21.9 Å². The average molecular weight is 450 g/mol. The first kappa shape index (κ1) is 20.9. The van der Waals surface area contributed by atoms with E-state index in [-0.39, 0.29) is 5.63 Å². The second kappa shape index (κ2) is 9.28. The molecule has 1 saturated heterocycles. The van der Waals surface area contributed by atoms with Crippen LogP contribution >= 0.6 is 11.8 Å². The van der Waals surface area contributed by atoms with Crippen molar-refractivity contribution in [3.05, 3.63) is 70.3 Å². The van der Waals surface area contributed by atoms with Crippen LogP contribution in [0, 0.1) is 0 Å². The molecule has 0 bridgehead atoms. The largest absolute Gasteiger partial charge is 0.497 e. The van der Waals surface area contributed by atoms with E-state index in [0.29, 0.717) is 23.6 Å². The summed E-state index contributed by atoms with van der Waals surface area (Å²) in [5.41, 5.74) is 1.98. The maximum atomic E-state index is 12.1. The van der Waals surface area contributed by atoms with Crippen molar-refractivity contribution >= 4 is 33.6 Å². The standard InChI is InChI=1S/C24H23N3O4S/c1-29-17-6-7-18-16(12-23(28)31-21(18)13-17)15-32-24-19-4-2-3-5-20(19)25-22(26-24)14-27-8-10-30-11-9-27/h2-7,12-13H,8-11,14-15H2,1H3. The Bertz CT molecular complexity index is 1320. The Morgan fingerprint density at radius 1 is 1.06 bits per heavy atom. The van der Waals surface area contributed by atoms with E-state index >= 15 is 0 Å². The zero-order chi connectivity index (χ0) is 21.9. The fourth-order valence-corrected chi connectivity index (χ4v) is 4.87. The zero-order valence-electron chi connectivity index (χ0n) is 17.7. The summed E-state index contributed by atoms with van der Waals surface area (Å²) in [5, 5.41) is 2.82. The summed E-state index contributed by atoms with van der Waals surface area (Å²) in [6, 6.07) is 15.1. The number of ether oxygens (including phenoxy) is 2. The first-order valence-corrected chi connectivity index (χ1v) is 11.5. The highest BCUT2D eigenvalue weighted by Crippen LogP contribution is 2.31. The number of hydrogen-bond donors (Lipinski definition) is 0. The third-order valence-corrected chi connectivity index (χ3v) is 6.53. The molecule has 7 nitrogen and oxygen atoms in total. The molecule has 1 fully saturated rings. The van der Waals surface area contributed by atoms with Gasteiger partial charge in [0.25, 0.3) is 0 Å². The third-order valence-electron chi connectivity index (χ3n) is 5.49. The molecular weight excluding hydrogens is 426 g/mol. The van der Waals surface area contributed by atoms with Crippen molar-refractivity contribution in [2.45, 2.75) is 17.3 Å². The topological polar surface area (TPSA) is 77.7 Å². The Hall–Kier alpha value is -2.94. The van der Waals surface area contributed by atoms with Gasteiger partial charge in [0.2, 0.25) is 0 Å². The highest BCUT2D eigenvalue weighted by molar-refractivity contribution is 7.98. The lowest BCUT2D eigenvalue weighted by Gasteiger charge is -2.25. The van der Waals surface area contributed by atoms with Gasteiger partial charge in [0.05, 0.1) is 32.4 Å². The van der Waals surface area contributed by atoms with Crippen LogP contribution in [0.1, 0.15) is 11.4 Å². The number of benzene rings is 2. The van der Waals surface area contributed by atoms with Gasteiger partial charge in [-0.25, -0.2) is 14.8 Å². The Morgan fingerprint density at radius 3 is 2.75 bits per heavy atom. The molecule has 3 heterocycles. The smallest absolute Gasteiger partial charge is 0.336 e. The first-order chi connectivity index (χ1) is 15.7. The van der Waals surface area contributed by atoms with Crippen LogP contribution in [-0.2, 0) is 17.0 Å². The van der Waals surface area contributed by atoms with Crippen molar-refractivity contribution in [2.75, 3.05) is 33.4 Å². The van der Waals surface area contributed by atoms with Crippen LogP contribution in [0.15, 0.2) is 62.8 Å². The molecule has 0 saturated carbocycles. The summed E-state index contributed by atoms with van der Waals surface area (Å²) in [6.07, 6.45) is 0. The molecule has 5 rings (SSSR count). The molecule has 4 aromatic rings. The molecule has 32 heavy (non-hydrogen) atoms. The minimum absolute atomic E-state index is 0.373. The maximum Gasteiger partial charge on any atom is 0.336 e. The molecule has 164 valence electrons. The van der Waals surface area contributed by atoms with Crippen molar-refractivity contribution in [2.24, 2.45) is 0 Å². The van der Waals surface area contributed by atoms with Gasteiger partial charge in [0.15, 0.2) is 0 Å². The van der Waals surface area contributed by atoms with Gasteiger partial charge >= 0.3 is 5.63 Å². The summed E-state index contributed by atoms with van der Waals surface area (Å²) in [4.78, 5) is 24.1. The van der Waals surface area contributed by atoms with E-state index in [1.807, 2.05) is 36.4 Å². The summed E-state index contributed by atoms with van der Waals surface area (Å²) < 4.78 is 16.1. The monoisotopic (exact) mass is 449 g/mol. The highest BCUT2D eigenvalue weighted by Gasteiger charge is 2.15. The summed E-state index contributed by atoms with van der Waals surface area (Å²) in [6.45, 7) is 3.94. The first-order valence-electron chi connectivity index (χ1n) is 10.5. The number of para-hydroxylation sites is 1. The number of thioether (sulfide) groups is 1. The van der Waals surface area contributed by atoms with Gasteiger partial charge in [0.1, 0.15) is 22.2 Å². The van der Waals surface area contributed by atoms with Gasteiger partial charge in [-0.2, -0.15) is 0 Å². The van der Waals surface area contributed by atoms with Gasteiger partial charge in [0, 0.05) is 41.7 Å². The number of morpholine rings is 1. The predicted molar refractivity (Wildman–Crippen MR) is 124 cm³/mol. The van der Waals surface area contributed by atoms with Crippen molar-refractivity contribution in [1.82, 2.24) is 14.9 Å². The molecule has 1 aliphatic rings. The fraction of sp³-hybridized carbons (Fsp3) is 0.292. The van der Waals surface area contributed by atoms with E-state index in [2.05, 4.69) is 4.90 Å². The summed E-state index contributed by atoms with van der Waals surface area (Å²) in [5.74, 6) is 2.04. The van der Waals surface area contributed by atoms with E-state index in [1.54, 1.807) is 31.0 Å².